The number of amides is 1. The summed E-state index contributed by atoms with van der Waals surface area (Å²) in [5, 5.41) is 0. The second-order valence-corrected chi connectivity index (χ2v) is 8.97. The molecular formula is C23H31F4N3O4. The predicted molar refractivity (Wildman–Crippen MR) is 117 cm³/mol. The molecule has 0 aliphatic heterocycles. The van der Waals surface area contributed by atoms with Gasteiger partial charge in [-0.1, -0.05) is 6.92 Å². The van der Waals surface area contributed by atoms with Gasteiger partial charge in [-0.2, -0.15) is 4.98 Å². The molecule has 3 rings (SSSR count). The van der Waals surface area contributed by atoms with Gasteiger partial charge in [0.2, 0.25) is 5.91 Å². The highest BCUT2D eigenvalue weighted by Crippen LogP contribution is 2.33. The number of imidazole rings is 1. The molecule has 1 atom stereocenters. The molecule has 0 unspecified atom stereocenters. The second kappa shape index (κ2) is 11.2. The van der Waals surface area contributed by atoms with Gasteiger partial charge in [0.25, 0.3) is 12.4 Å². The first-order chi connectivity index (χ1) is 16.1. The number of carbonyl (C=O) groups is 1. The van der Waals surface area contributed by atoms with Gasteiger partial charge in [0.05, 0.1) is 6.10 Å². The van der Waals surface area contributed by atoms with Crippen LogP contribution in [0, 0.1) is 17.6 Å². The Hall–Kier alpha value is -2.56. The van der Waals surface area contributed by atoms with Crippen LogP contribution in [0.25, 0.3) is 11.0 Å². The van der Waals surface area contributed by atoms with Crippen molar-refractivity contribution in [3.8, 4) is 11.8 Å². The summed E-state index contributed by atoms with van der Waals surface area (Å²) in [6.45, 7) is 1.43. The molecule has 11 heteroatoms. The first-order valence-electron chi connectivity index (χ1n) is 11.3. The summed E-state index contributed by atoms with van der Waals surface area (Å²) in [7, 11) is 4.92. The lowest BCUT2D eigenvalue weighted by molar-refractivity contribution is -0.130. The Balaban J connectivity index is 1.57. The Morgan fingerprint density at radius 3 is 2.44 bits per heavy atom. The van der Waals surface area contributed by atoms with E-state index < -0.39 is 30.4 Å². The molecule has 1 aromatic carbocycles. The van der Waals surface area contributed by atoms with Gasteiger partial charge in [0, 0.05) is 40.2 Å². The average molecular weight is 490 g/mol. The summed E-state index contributed by atoms with van der Waals surface area (Å²) in [5.41, 5.74) is -0.463. The summed E-state index contributed by atoms with van der Waals surface area (Å²) in [6.07, 6.45) is 0.311. The molecule has 190 valence electrons. The highest BCUT2D eigenvalue weighted by molar-refractivity contribution is 5.80. The van der Waals surface area contributed by atoms with Gasteiger partial charge in [-0.3, -0.25) is 9.36 Å². The molecule has 0 radical (unpaired) electrons. The lowest BCUT2D eigenvalue weighted by atomic mass is 9.95. The standard InChI is InChI=1S/C23H31F4N3O4/c1-13(9-19(31)29(2)3)11-32-14-5-7-15(8-6-14)34-23-28-21-16(24)10-17(33-12-18(25)26)20(27)22(21)30(23)4/h10,13-15,18H,5-9,11-12H2,1-4H3/t13-,14?,15?/m1/s1. The van der Waals surface area contributed by atoms with Gasteiger partial charge in [-0.15, -0.1) is 0 Å². The van der Waals surface area contributed by atoms with Crippen LogP contribution in [0.1, 0.15) is 39.0 Å². The first-order valence-corrected chi connectivity index (χ1v) is 11.3. The van der Waals surface area contributed by atoms with Crippen LogP contribution in [-0.2, 0) is 16.6 Å². The van der Waals surface area contributed by atoms with Crippen LogP contribution in [0.2, 0.25) is 0 Å². The molecule has 0 bridgehead atoms. The number of benzene rings is 1. The number of ether oxygens (including phenoxy) is 3. The molecule has 1 aliphatic rings. The van der Waals surface area contributed by atoms with Crippen molar-refractivity contribution in [1.82, 2.24) is 14.5 Å². The number of aryl methyl sites for hydroxylation is 1. The topological polar surface area (TPSA) is 65.8 Å². The first kappa shape index (κ1) is 26.1. The van der Waals surface area contributed by atoms with Crippen molar-refractivity contribution in [2.24, 2.45) is 13.0 Å². The minimum Gasteiger partial charge on any atom is -0.484 e. The van der Waals surface area contributed by atoms with Crippen LogP contribution in [0.5, 0.6) is 11.8 Å². The SMILES string of the molecule is C[C@@H](COC1CCC(Oc2nc3c(F)cc(OCC(F)F)c(F)c3n2C)CC1)CC(=O)N(C)C. The minimum absolute atomic E-state index is 0.0407. The fourth-order valence-corrected chi connectivity index (χ4v) is 3.93. The van der Waals surface area contributed by atoms with Crippen LogP contribution < -0.4 is 9.47 Å². The van der Waals surface area contributed by atoms with Crippen LogP contribution >= 0.6 is 0 Å². The van der Waals surface area contributed by atoms with E-state index in [-0.39, 0.29) is 41.1 Å². The van der Waals surface area contributed by atoms with E-state index in [0.717, 1.165) is 12.8 Å². The number of rotatable bonds is 10. The lowest BCUT2D eigenvalue weighted by Gasteiger charge is -2.29. The van der Waals surface area contributed by atoms with Gasteiger partial charge in [-0.25, -0.2) is 17.6 Å². The zero-order chi connectivity index (χ0) is 25.0. The van der Waals surface area contributed by atoms with E-state index in [4.69, 9.17) is 14.2 Å². The summed E-state index contributed by atoms with van der Waals surface area (Å²) >= 11 is 0. The molecule has 1 amide bonds. The third-order valence-electron chi connectivity index (χ3n) is 5.86. The van der Waals surface area contributed by atoms with Gasteiger partial charge >= 0.3 is 0 Å². The fourth-order valence-electron chi connectivity index (χ4n) is 3.93. The van der Waals surface area contributed by atoms with Crippen molar-refractivity contribution >= 4 is 16.9 Å². The van der Waals surface area contributed by atoms with E-state index in [1.165, 1.54) is 11.6 Å². The maximum atomic E-state index is 14.8. The van der Waals surface area contributed by atoms with Crippen molar-refractivity contribution in [3.63, 3.8) is 0 Å². The zero-order valence-electron chi connectivity index (χ0n) is 19.8. The van der Waals surface area contributed by atoms with Crippen molar-refractivity contribution < 1.29 is 36.6 Å². The van der Waals surface area contributed by atoms with Gasteiger partial charge in [0.1, 0.15) is 23.7 Å². The van der Waals surface area contributed by atoms with E-state index in [0.29, 0.717) is 31.9 Å². The number of fused-ring (bicyclic) bond motifs is 1. The monoisotopic (exact) mass is 489 g/mol. The maximum Gasteiger partial charge on any atom is 0.297 e. The van der Waals surface area contributed by atoms with E-state index >= 15 is 0 Å². The van der Waals surface area contributed by atoms with E-state index in [1.807, 2.05) is 6.92 Å². The number of nitrogens with zero attached hydrogens (tertiary/aromatic N) is 3. The minimum atomic E-state index is -2.81. The molecule has 2 aromatic rings. The van der Waals surface area contributed by atoms with Crippen LogP contribution in [0.3, 0.4) is 0 Å². The van der Waals surface area contributed by atoms with Gasteiger partial charge in [0.15, 0.2) is 17.4 Å². The summed E-state index contributed by atoms with van der Waals surface area (Å²) in [4.78, 5) is 17.4. The molecule has 1 aromatic heterocycles. The molecule has 1 aliphatic carbocycles. The Bertz CT molecular complexity index is 990. The molecular weight excluding hydrogens is 458 g/mol. The smallest absolute Gasteiger partial charge is 0.297 e. The number of carbonyl (C=O) groups excluding carboxylic acids is 1. The Morgan fingerprint density at radius 1 is 1.18 bits per heavy atom. The number of aromatic nitrogens is 2. The quantitative estimate of drug-likeness (QED) is 0.465. The molecule has 1 fully saturated rings. The Morgan fingerprint density at radius 2 is 1.82 bits per heavy atom. The molecule has 7 nitrogen and oxygen atoms in total. The normalized spacial score (nSPS) is 19.4. The van der Waals surface area contributed by atoms with Crippen molar-refractivity contribution in [1.29, 1.82) is 0 Å². The Kier molecular flexibility index (Phi) is 8.62. The molecule has 1 heterocycles. The summed E-state index contributed by atoms with van der Waals surface area (Å²) < 4.78 is 71.9. The van der Waals surface area contributed by atoms with Crippen LogP contribution in [0.15, 0.2) is 6.07 Å². The number of hydrogen-bond acceptors (Lipinski definition) is 5. The molecule has 0 spiro atoms. The van der Waals surface area contributed by atoms with Crippen molar-refractivity contribution in [2.75, 3.05) is 27.3 Å². The third kappa shape index (κ3) is 6.31. The summed E-state index contributed by atoms with van der Waals surface area (Å²) in [6, 6.07) is 0.755. The van der Waals surface area contributed by atoms with Gasteiger partial charge in [-0.05, 0) is 31.6 Å². The van der Waals surface area contributed by atoms with Gasteiger partial charge < -0.3 is 19.1 Å². The average Bonchev–Trinajstić information content (AvgIpc) is 3.11. The van der Waals surface area contributed by atoms with Crippen molar-refractivity contribution in [3.05, 3.63) is 17.7 Å². The lowest BCUT2D eigenvalue weighted by Crippen LogP contribution is -2.30. The predicted octanol–water partition coefficient (Wildman–Crippen LogP) is 4.32. The number of hydrogen-bond donors (Lipinski definition) is 0. The molecule has 0 saturated heterocycles. The highest BCUT2D eigenvalue weighted by atomic mass is 19.3. The fraction of sp³-hybridized carbons (Fsp3) is 0.652. The second-order valence-electron chi connectivity index (χ2n) is 8.97. The Labute approximate surface area is 196 Å². The molecule has 34 heavy (non-hydrogen) atoms. The van der Waals surface area contributed by atoms with E-state index in [2.05, 4.69) is 4.98 Å². The third-order valence-corrected chi connectivity index (χ3v) is 5.86. The van der Waals surface area contributed by atoms with Crippen LogP contribution in [0.4, 0.5) is 17.6 Å². The molecule has 1 saturated carbocycles. The largest absolute Gasteiger partial charge is 0.484 e. The maximum absolute atomic E-state index is 14.8. The van der Waals surface area contributed by atoms with E-state index in [9.17, 15) is 22.4 Å². The summed E-state index contributed by atoms with van der Waals surface area (Å²) in [5.74, 6) is -2.27. The zero-order valence-corrected chi connectivity index (χ0v) is 19.8. The number of alkyl halides is 2. The molecule has 0 N–H and O–H groups in total. The van der Waals surface area contributed by atoms with Crippen molar-refractivity contribution in [2.45, 2.75) is 57.7 Å². The highest BCUT2D eigenvalue weighted by Gasteiger charge is 2.27. The van der Waals surface area contributed by atoms with Crippen LogP contribution in [-0.4, -0.2) is 66.3 Å². The number of halogens is 4. The van der Waals surface area contributed by atoms with E-state index in [1.54, 1.807) is 19.0 Å².